The largest absolute Gasteiger partial charge is 0.441 e. The molecule has 26 heavy (non-hydrogen) atoms. The van der Waals surface area contributed by atoms with Crippen LogP contribution in [0.2, 0.25) is 0 Å². The van der Waals surface area contributed by atoms with Gasteiger partial charge >= 0.3 is 0 Å². The number of oxazole rings is 1. The molecule has 6 heteroatoms. The van der Waals surface area contributed by atoms with Gasteiger partial charge in [-0.05, 0) is 50.3 Å². The van der Waals surface area contributed by atoms with Crippen molar-refractivity contribution in [3.63, 3.8) is 0 Å². The highest BCUT2D eigenvalue weighted by atomic mass is 32.2. The number of hydrogen-bond donors (Lipinski definition) is 0. The average molecular weight is 377 g/mol. The Labute approximate surface area is 160 Å². The number of aromatic nitrogens is 1. The van der Waals surface area contributed by atoms with E-state index in [9.17, 15) is 0 Å². The van der Waals surface area contributed by atoms with E-state index in [1.54, 1.807) is 18.9 Å². The van der Waals surface area contributed by atoms with Gasteiger partial charge in [0.05, 0.1) is 25.0 Å². The molecule has 0 spiro atoms. The first kappa shape index (κ1) is 19.4. The van der Waals surface area contributed by atoms with Crippen LogP contribution in [0.5, 0.6) is 0 Å². The van der Waals surface area contributed by atoms with Crippen LogP contribution in [0.25, 0.3) is 11.5 Å². The third-order valence-corrected chi connectivity index (χ3v) is 5.52. The fourth-order valence-corrected chi connectivity index (χ4v) is 3.58. The predicted molar refractivity (Wildman–Crippen MR) is 105 cm³/mol. The number of benzene rings is 1. The average Bonchev–Trinajstić information content (AvgIpc) is 3.04. The molecule has 3 rings (SSSR count). The van der Waals surface area contributed by atoms with E-state index in [2.05, 4.69) is 35.4 Å². The van der Waals surface area contributed by atoms with E-state index in [4.69, 9.17) is 18.9 Å². The Bertz CT molecular complexity index is 679. The lowest BCUT2D eigenvalue weighted by Gasteiger charge is -2.31. The van der Waals surface area contributed by atoms with Crippen molar-refractivity contribution in [2.75, 3.05) is 39.7 Å². The Morgan fingerprint density at radius 1 is 1.19 bits per heavy atom. The highest BCUT2D eigenvalue weighted by molar-refractivity contribution is 7.98. The maximum absolute atomic E-state index is 5.92. The van der Waals surface area contributed by atoms with Crippen molar-refractivity contribution in [3.05, 3.63) is 35.7 Å². The SMILES string of the molecule is COCCOC1CCN(Cc2nc(-c3ccc(SC)cc3)oc2C)CC1. The van der Waals surface area contributed by atoms with Crippen LogP contribution in [0.4, 0.5) is 0 Å². The molecule has 0 amide bonds. The van der Waals surface area contributed by atoms with Gasteiger partial charge in [0.2, 0.25) is 5.89 Å². The van der Waals surface area contributed by atoms with Gasteiger partial charge in [-0.2, -0.15) is 0 Å². The molecule has 5 nitrogen and oxygen atoms in total. The van der Waals surface area contributed by atoms with Gasteiger partial charge < -0.3 is 13.9 Å². The zero-order valence-corrected chi connectivity index (χ0v) is 16.7. The van der Waals surface area contributed by atoms with Gasteiger partial charge in [-0.1, -0.05) is 0 Å². The third-order valence-electron chi connectivity index (χ3n) is 4.78. The Hall–Kier alpha value is -1.34. The van der Waals surface area contributed by atoms with Crippen LogP contribution in [0.3, 0.4) is 0 Å². The Morgan fingerprint density at radius 3 is 2.58 bits per heavy atom. The van der Waals surface area contributed by atoms with Crippen LogP contribution >= 0.6 is 11.8 Å². The summed E-state index contributed by atoms with van der Waals surface area (Å²) < 4.78 is 16.8. The minimum absolute atomic E-state index is 0.352. The van der Waals surface area contributed by atoms with E-state index in [0.29, 0.717) is 25.2 Å². The number of hydrogen-bond acceptors (Lipinski definition) is 6. The molecule has 0 saturated carbocycles. The van der Waals surface area contributed by atoms with Crippen LogP contribution in [0.1, 0.15) is 24.3 Å². The summed E-state index contributed by atoms with van der Waals surface area (Å²) in [6.07, 6.45) is 4.55. The summed E-state index contributed by atoms with van der Waals surface area (Å²) in [5, 5.41) is 0. The standard InChI is InChI=1S/C20H28N2O3S/c1-15-19(14-22-10-8-17(9-11-22)24-13-12-23-2)21-20(25-15)16-4-6-18(26-3)7-5-16/h4-7,17H,8-14H2,1-3H3. The summed E-state index contributed by atoms with van der Waals surface area (Å²) in [4.78, 5) is 8.42. The molecular weight excluding hydrogens is 348 g/mol. The minimum Gasteiger partial charge on any atom is -0.441 e. The molecule has 1 aliphatic rings. The lowest BCUT2D eigenvalue weighted by molar-refractivity contribution is -0.0159. The van der Waals surface area contributed by atoms with E-state index < -0.39 is 0 Å². The van der Waals surface area contributed by atoms with E-state index in [0.717, 1.165) is 49.5 Å². The monoisotopic (exact) mass is 376 g/mol. The Morgan fingerprint density at radius 2 is 1.92 bits per heavy atom. The molecule has 0 radical (unpaired) electrons. The molecule has 1 saturated heterocycles. The van der Waals surface area contributed by atoms with Gasteiger partial charge in [0.25, 0.3) is 0 Å². The maximum atomic E-state index is 5.92. The number of thioether (sulfide) groups is 1. The summed E-state index contributed by atoms with van der Waals surface area (Å²) in [5.74, 6) is 1.62. The Kier molecular flexibility index (Phi) is 7.14. The van der Waals surface area contributed by atoms with E-state index in [1.807, 2.05) is 6.92 Å². The second-order valence-electron chi connectivity index (χ2n) is 6.59. The predicted octanol–water partition coefficient (Wildman–Crippen LogP) is 4.00. The zero-order valence-electron chi connectivity index (χ0n) is 15.9. The van der Waals surface area contributed by atoms with Crippen LogP contribution in [-0.4, -0.2) is 55.7 Å². The van der Waals surface area contributed by atoms with Crippen molar-refractivity contribution in [3.8, 4) is 11.5 Å². The van der Waals surface area contributed by atoms with E-state index >= 15 is 0 Å². The van der Waals surface area contributed by atoms with Crippen LogP contribution in [0.15, 0.2) is 33.6 Å². The quantitative estimate of drug-likeness (QED) is 0.513. The molecule has 0 aliphatic carbocycles. The molecule has 0 unspecified atom stereocenters. The molecule has 1 aliphatic heterocycles. The highest BCUT2D eigenvalue weighted by Gasteiger charge is 2.22. The minimum atomic E-state index is 0.352. The van der Waals surface area contributed by atoms with Crippen molar-refractivity contribution in [2.24, 2.45) is 0 Å². The number of aryl methyl sites for hydroxylation is 1. The van der Waals surface area contributed by atoms with Gasteiger partial charge in [0.15, 0.2) is 0 Å². The number of piperidine rings is 1. The first-order valence-electron chi connectivity index (χ1n) is 9.13. The summed E-state index contributed by atoms with van der Waals surface area (Å²) in [7, 11) is 1.71. The molecule has 1 fully saturated rings. The fourth-order valence-electron chi connectivity index (χ4n) is 3.18. The molecular formula is C20H28N2O3S. The molecule has 0 atom stereocenters. The van der Waals surface area contributed by atoms with Crippen molar-refractivity contribution < 1.29 is 13.9 Å². The van der Waals surface area contributed by atoms with Crippen LogP contribution in [0, 0.1) is 6.92 Å². The van der Waals surface area contributed by atoms with Gasteiger partial charge in [0, 0.05) is 37.2 Å². The van der Waals surface area contributed by atoms with Crippen LogP contribution in [-0.2, 0) is 16.0 Å². The lowest BCUT2D eigenvalue weighted by Crippen LogP contribution is -2.37. The number of likely N-dealkylation sites (tertiary alicyclic amines) is 1. The molecule has 1 aromatic carbocycles. The van der Waals surface area contributed by atoms with E-state index in [1.165, 1.54) is 4.90 Å². The molecule has 1 aromatic heterocycles. The highest BCUT2D eigenvalue weighted by Crippen LogP contribution is 2.25. The summed E-state index contributed by atoms with van der Waals surface area (Å²) in [6.45, 7) is 6.25. The first-order chi connectivity index (χ1) is 12.7. The normalized spacial score (nSPS) is 16.3. The van der Waals surface area contributed by atoms with Crippen molar-refractivity contribution in [1.82, 2.24) is 9.88 Å². The third kappa shape index (κ3) is 5.10. The molecule has 2 aromatic rings. The fraction of sp³-hybridized carbons (Fsp3) is 0.550. The van der Waals surface area contributed by atoms with Gasteiger partial charge in [0.1, 0.15) is 5.76 Å². The molecule has 0 bridgehead atoms. The first-order valence-corrected chi connectivity index (χ1v) is 10.4. The van der Waals surface area contributed by atoms with Gasteiger partial charge in [-0.3, -0.25) is 4.90 Å². The molecule has 142 valence electrons. The number of ether oxygens (including phenoxy) is 2. The zero-order chi connectivity index (χ0) is 18.4. The van der Waals surface area contributed by atoms with Gasteiger partial charge in [-0.25, -0.2) is 4.98 Å². The molecule has 2 heterocycles. The Balaban J connectivity index is 1.55. The summed E-state index contributed by atoms with van der Waals surface area (Å²) in [6, 6.07) is 8.36. The molecule has 0 N–H and O–H groups in total. The smallest absolute Gasteiger partial charge is 0.226 e. The van der Waals surface area contributed by atoms with Crippen molar-refractivity contribution in [2.45, 2.75) is 37.3 Å². The second-order valence-corrected chi connectivity index (χ2v) is 7.47. The summed E-state index contributed by atoms with van der Waals surface area (Å²) in [5.41, 5.74) is 2.06. The van der Waals surface area contributed by atoms with Gasteiger partial charge in [-0.15, -0.1) is 11.8 Å². The van der Waals surface area contributed by atoms with Crippen molar-refractivity contribution >= 4 is 11.8 Å². The topological polar surface area (TPSA) is 47.7 Å². The summed E-state index contributed by atoms with van der Waals surface area (Å²) >= 11 is 1.74. The van der Waals surface area contributed by atoms with Crippen LogP contribution < -0.4 is 0 Å². The maximum Gasteiger partial charge on any atom is 0.226 e. The number of nitrogens with zero attached hydrogens (tertiary/aromatic N) is 2. The van der Waals surface area contributed by atoms with E-state index in [-0.39, 0.29) is 0 Å². The number of rotatable bonds is 8. The second kappa shape index (κ2) is 9.55. The lowest BCUT2D eigenvalue weighted by atomic mass is 10.1. The number of methoxy groups -OCH3 is 1. The van der Waals surface area contributed by atoms with Crippen molar-refractivity contribution in [1.29, 1.82) is 0 Å².